The van der Waals surface area contributed by atoms with Gasteiger partial charge in [0, 0.05) is 37.3 Å². The number of hydrogen-bond acceptors (Lipinski definition) is 3. The van der Waals surface area contributed by atoms with Crippen molar-refractivity contribution >= 4 is 17.7 Å². The molecule has 4 heteroatoms. The second kappa shape index (κ2) is 5.61. The zero-order valence-electron chi connectivity index (χ0n) is 8.90. The number of thioether (sulfide) groups is 1. The Balaban J connectivity index is 2.28. The summed E-state index contributed by atoms with van der Waals surface area (Å²) in [4.78, 5) is 13.3. The predicted molar refractivity (Wildman–Crippen MR) is 59.4 cm³/mol. The molecule has 1 heterocycles. The Morgan fingerprint density at radius 1 is 1.71 bits per heavy atom. The van der Waals surface area contributed by atoms with Crippen molar-refractivity contribution < 1.29 is 9.90 Å². The van der Waals surface area contributed by atoms with Gasteiger partial charge in [0.25, 0.3) is 0 Å². The standard InChI is InChI=1S/C10H19NO2S/c1-8(14-2)3-4-11-6-9(7-12)5-10(11)13/h8-9,12H,3-7H2,1-2H3. The first-order valence-corrected chi connectivity index (χ1v) is 6.37. The molecule has 1 aliphatic rings. The molecule has 0 spiro atoms. The number of amides is 1. The summed E-state index contributed by atoms with van der Waals surface area (Å²) in [5.41, 5.74) is 0. The maximum atomic E-state index is 11.5. The van der Waals surface area contributed by atoms with Gasteiger partial charge < -0.3 is 10.0 Å². The van der Waals surface area contributed by atoms with Crippen LogP contribution in [-0.4, -0.2) is 47.1 Å². The highest BCUT2D eigenvalue weighted by atomic mass is 32.2. The van der Waals surface area contributed by atoms with E-state index in [0.717, 1.165) is 19.5 Å². The first-order chi connectivity index (χ1) is 6.67. The first kappa shape index (κ1) is 11.9. The lowest BCUT2D eigenvalue weighted by Crippen LogP contribution is -2.28. The summed E-state index contributed by atoms with van der Waals surface area (Å²) in [5, 5.41) is 9.55. The van der Waals surface area contributed by atoms with E-state index in [9.17, 15) is 4.79 Å². The lowest BCUT2D eigenvalue weighted by atomic mass is 10.1. The molecule has 1 saturated heterocycles. The fourth-order valence-corrected chi connectivity index (χ4v) is 1.99. The van der Waals surface area contributed by atoms with Crippen LogP contribution in [0.5, 0.6) is 0 Å². The highest BCUT2D eigenvalue weighted by Crippen LogP contribution is 2.19. The average Bonchev–Trinajstić information content (AvgIpc) is 2.55. The Morgan fingerprint density at radius 2 is 2.43 bits per heavy atom. The molecule has 82 valence electrons. The lowest BCUT2D eigenvalue weighted by molar-refractivity contribution is -0.127. The molecular formula is C10H19NO2S. The van der Waals surface area contributed by atoms with Crippen molar-refractivity contribution in [2.45, 2.75) is 25.0 Å². The molecule has 1 aliphatic heterocycles. The van der Waals surface area contributed by atoms with E-state index in [1.54, 1.807) is 0 Å². The molecule has 0 aromatic carbocycles. The topological polar surface area (TPSA) is 40.5 Å². The first-order valence-electron chi connectivity index (χ1n) is 5.08. The van der Waals surface area contributed by atoms with Crippen LogP contribution in [0.1, 0.15) is 19.8 Å². The Labute approximate surface area is 89.9 Å². The summed E-state index contributed by atoms with van der Waals surface area (Å²) in [6.45, 7) is 3.91. The Bertz CT molecular complexity index is 199. The van der Waals surface area contributed by atoms with E-state index in [1.165, 1.54) is 0 Å². The molecule has 14 heavy (non-hydrogen) atoms. The highest BCUT2D eigenvalue weighted by Gasteiger charge is 2.28. The third-order valence-corrected chi connectivity index (χ3v) is 3.80. The summed E-state index contributed by atoms with van der Waals surface area (Å²) in [7, 11) is 0. The van der Waals surface area contributed by atoms with Crippen LogP contribution in [0.15, 0.2) is 0 Å². The summed E-state index contributed by atoms with van der Waals surface area (Å²) < 4.78 is 0. The Morgan fingerprint density at radius 3 is 2.93 bits per heavy atom. The monoisotopic (exact) mass is 217 g/mol. The third-order valence-electron chi connectivity index (χ3n) is 2.76. The predicted octanol–water partition coefficient (Wildman–Crippen LogP) is 0.969. The highest BCUT2D eigenvalue weighted by molar-refractivity contribution is 7.99. The molecule has 1 amide bonds. The van der Waals surface area contributed by atoms with Crippen molar-refractivity contribution in [1.82, 2.24) is 4.90 Å². The molecule has 2 atom stereocenters. The molecule has 0 bridgehead atoms. The number of nitrogens with zero attached hydrogens (tertiary/aromatic N) is 1. The Kier molecular flexibility index (Phi) is 4.75. The number of aliphatic hydroxyl groups excluding tert-OH is 1. The maximum absolute atomic E-state index is 11.5. The van der Waals surface area contributed by atoms with E-state index in [4.69, 9.17) is 5.11 Å². The van der Waals surface area contributed by atoms with Crippen LogP contribution in [0, 0.1) is 5.92 Å². The van der Waals surface area contributed by atoms with Gasteiger partial charge in [0.1, 0.15) is 0 Å². The van der Waals surface area contributed by atoms with Crippen LogP contribution in [0.4, 0.5) is 0 Å². The lowest BCUT2D eigenvalue weighted by Gasteiger charge is -2.18. The quantitative estimate of drug-likeness (QED) is 0.746. The number of hydrogen-bond donors (Lipinski definition) is 1. The Hall–Kier alpha value is -0.220. The van der Waals surface area contributed by atoms with Gasteiger partial charge in [-0.05, 0) is 12.7 Å². The number of carbonyl (C=O) groups is 1. The molecule has 2 unspecified atom stereocenters. The molecule has 1 rings (SSSR count). The van der Waals surface area contributed by atoms with Gasteiger partial charge in [0.2, 0.25) is 5.91 Å². The third kappa shape index (κ3) is 3.17. The minimum absolute atomic E-state index is 0.139. The molecule has 0 aromatic heterocycles. The number of carbonyl (C=O) groups excluding carboxylic acids is 1. The zero-order valence-corrected chi connectivity index (χ0v) is 9.72. The van der Waals surface area contributed by atoms with Gasteiger partial charge in [0.15, 0.2) is 0 Å². The fourth-order valence-electron chi connectivity index (χ4n) is 1.65. The molecule has 1 N–H and O–H groups in total. The van der Waals surface area contributed by atoms with Gasteiger partial charge >= 0.3 is 0 Å². The van der Waals surface area contributed by atoms with Crippen LogP contribution in [0.25, 0.3) is 0 Å². The number of aliphatic hydroxyl groups is 1. The molecule has 0 radical (unpaired) electrons. The van der Waals surface area contributed by atoms with E-state index in [-0.39, 0.29) is 18.4 Å². The summed E-state index contributed by atoms with van der Waals surface area (Å²) in [6, 6.07) is 0. The van der Waals surface area contributed by atoms with Crippen LogP contribution < -0.4 is 0 Å². The molecule has 0 aromatic rings. The minimum Gasteiger partial charge on any atom is -0.396 e. The molecular weight excluding hydrogens is 198 g/mol. The van der Waals surface area contributed by atoms with E-state index in [0.29, 0.717) is 11.7 Å². The van der Waals surface area contributed by atoms with Crippen LogP contribution in [-0.2, 0) is 4.79 Å². The van der Waals surface area contributed by atoms with Crippen molar-refractivity contribution in [1.29, 1.82) is 0 Å². The normalized spacial score (nSPS) is 24.4. The average molecular weight is 217 g/mol. The van der Waals surface area contributed by atoms with Crippen LogP contribution >= 0.6 is 11.8 Å². The van der Waals surface area contributed by atoms with Gasteiger partial charge in [-0.1, -0.05) is 6.92 Å². The number of rotatable bonds is 5. The summed E-state index contributed by atoms with van der Waals surface area (Å²) in [6.07, 6.45) is 3.67. The SMILES string of the molecule is CSC(C)CCN1CC(CO)CC1=O. The van der Waals surface area contributed by atoms with Gasteiger partial charge in [-0.25, -0.2) is 0 Å². The smallest absolute Gasteiger partial charge is 0.223 e. The summed E-state index contributed by atoms with van der Waals surface area (Å²) >= 11 is 1.83. The molecule has 0 saturated carbocycles. The van der Waals surface area contributed by atoms with Gasteiger partial charge in [-0.3, -0.25) is 4.79 Å². The van der Waals surface area contributed by atoms with Gasteiger partial charge in [0.05, 0.1) is 0 Å². The van der Waals surface area contributed by atoms with Crippen LogP contribution in [0.2, 0.25) is 0 Å². The van der Waals surface area contributed by atoms with E-state index >= 15 is 0 Å². The van der Waals surface area contributed by atoms with Gasteiger partial charge in [-0.2, -0.15) is 11.8 Å². The van der Waals surface area contributed by atoms with Crippen molar-refractivity contribution in [3.05, 3.63) is 0 Å². The van der Waals surface area contributed by atoms with Crippen molar-refractivity contribution in [3.63, 3.8) is 0 Å². The second-order valence-corrected chi connectivity index (χ2v) is 5.20. The largest absolute Gasteiger partial charge is 0.396 e. The second-order valence-electron chi connectivity index (χ2n) is 3.93. The van der Waals surface area contributed by atoms with Crippen molar-refractivity contribution in [2.24, 2.45) is 5.92 Å². The van der Waals surface area contributed by atoms with Crippen molar-refractivity contribution in [2.75, 3.05) is 26.0 Å². The molecule has 1 fully saturated rings. The molecule has 3 nitrogen and oxygen atoms in total. The fraction of sp³-hybridized carbons (Fsp3) is 0.900. The zero-order chi connectivity index (χ0) is 10.6. The summed E-state index contributed by atoms with van der Waals surface area (Å²) in [5.74, 6) is 0.379. The molecule has 0 aliphatic carbocycles. The number of likely N-dealkylation sites (tertiary alicyclic amines) is 1. The van der Waals surface area contributed by atoms with Gasteiger partial charge in [-0.15, -0.1) is 0 Å². The van der Waals surface area contributed by atoms with E-state index < -0.39 is 0 Å². The van der Waals surface area contributed by atoms with Crippen LogP contribution in [0.3, 0.4) is 0 Å². The minimum atomic E-state index is 0.139. The maximum Gasteiger partial charge on any atom is 0.223 e. The van der Waals surface area contributed by atoms with Crippen molar-refractivity contribution in [3.8, 4) is 0 Å². The van der Waals surface area contributed by atoms with E-state index in [2.05, 4.69) is 13.2 Å². The van der Waals surface area contributed by atoms with E-state index in [1.807, 2.05) is 16.7 Å².